The van der Waals surface area contributed by atoms with Gasteiger partial charge >= 0.3 is 0 Å². The fourth-order valence-corrected chi connectivity index (χ4v) is 4.32. The minimum absolute atomic E-state index is 0.0599. The molecule has 0 bridgehead atoms. The fourth-order valence-electron chi connectivity index (χ4n) is 4.32. The molecule has 0 spiro atoms. The normalized spacial score (nSPS) is 12.6. The average molecular weight is 478 g/mol. The van der Waals surface area contributed by atoms with Crippen LogP contribution >= 0.6 is 0 Å². The highest BCUT2D eigenvalue weighted by molar-refractivity contribution is 6.35. The van der Waals surface area contributed by atoms with E-state index in [0.717, 1.165) is 16.0 Å². The number of rotatable bonds is 5. The number of pyridine rings is 1. The van der Waals surface area contributed by atoms with Crippen LogP contribution in [0.4, 0.5) is 11.4 Å². The summed E-state index contributed by atoms with van der Waals surface area (Å²) in [7, 11) is 0. The number of phenols is 1. The zero-order valence-corrected chi connectivity index (χ0v) is 19.8. The Hall–Kier alpha value is -4.78. The third kappa shape index (κ3) is 4.01. The van der Waals surface area contributed by atoms with E-state index >= 15 is 0 Å². The molecule has 0 atom stereocenters. The first-order valence-corrected chi connectivity index (χ1v) is 11.4. The number of imide groups is 1. The summed E-state index contributed by atoms with van der Waals surface area (Å²) in [6.07, 6.45) is 1.63. The van der Waals surface area contributed by atoms with Gasteiger partial charge < -0.3 is 5.11 Å². The van der Waals surface area contributed by atoms with Crippen molar-refractivity contribution in [3.05, 3.63) is 119 Å². The molecule has 1 N–H and O–H groups in total. The third-order valence-corrected chi connectivity index (χ3v) is 6.20. The summed E-state index contributed by atoms with van der Waals surface area (Å²) in [5.41, 5.74) is 3.83. The van der Waals surface area contributed by atoms with Crippen molar-refractivity contribution in [2.75, 3.05) is 9.80 Å². The van der Waals surface area contributed by atoms with Crippen molar-refractivity contribution >= 4 is 29.1 Å². The molecule has 3 aromatic carbocycles. The lowest BCUT2D eigenvalue weighted by Gasteiger charge is -2.23. The predicted molar refractivity (Wildman–Crippen MR) is 136 cm³/mol. The van der Waals surface area contributed by atoms with E-state index in [1.54, 1.807) is 42.6 Å². The lowest BCUT2D eigenvalue weighted by Crippen LogP contribution is -2.31. The van der Waals surface area contributed by atoms with Gasteiger partial charge in [0.1, 0.15) is 5.75 Å². The minimum atomic E-state index is -0.475. The second-order valence-corrected chi connectivity index (χ2v) is 8.70. The quantitative estimate of drug-likeness (QED) is 0.406. The molecule has 0 fully saturated rings. The Bertz CT molecular complexity index is 1510. The molecule has 0 radical (unpaired) electrons. The second kappa shape index (κ2) is 9.11. The lowest BCUT2D eigenvalue weighted by molar-refractivity contribution is 0.0924. The number of carbonyl (C=O) groups excluding carboxylic acids is 3. The molecule has 1 aliphatic heterocycles. The molecule has 5 rings (SSSR count). The molecule has 0 saturated carbocycles. The number of fused-ring (bicyclic) bond motifs is 1. The van der Waals surface area contributed by atoms with Gasteiger partial charge in [-0.1, -0.05) is 30.3 Å². The van der Waals surface area contributed by atoms with Crippen LogP contribution in [-0.2, 0) is 6.54 Å². The molecule has 4 aromatic rings. The Kier molecular flexibility index (Phi) is 5.82. The summed E-state index contributed by atoms with van der Waals surface area (Å²) < 4.78 is 0. The maximum atomic E-state index is 13.7. The largest absolute Gasteiger partial charge is 0.506 e. The van der Waals surface area contributed by atoms with Gasteiger partial charge in [0.15, 0.2) is 0 Å². The van der Waals surface area contributed by atoms with Gasteiger partial charge in [-0.25, -0.2) is 4.90 Å². The lowest BCUT2D eigenvalue weighted by atomic mass is 10.0. The van der Waals surface area contributed by atoms with Crippen LogP contribution in [0.3, 0.4) is 0 Å². The number of nitrogens with zero attached hydrogens (tertiary/aromatic N) is 3. The molecule has 2 heterocycles. The van der Waals surface area contributed by atoms with Crippen molar-refractivity contribution in [1.29, 1.82) is 0 Å². The maximum absolute atomic E-state index is 13.7. The van der Waals surface area contributed by atoms with Gasteiger partial charge in [-0.3, -0.25) is 24.3 Å². The molecule has 1 aliphatic rings. The second-order valence-electron chi connectivity index (χ2n) is 8.70. The predicted octanol–water partition coefficient (Wildman–Crippen LogP) is 5.05. The van der Waals surface area contributed by atoms with Gasteiger partial charge in [-0.05, 0) is 73.5 Å². The van der Waals surface area contributed by atoms with Crippen LogP contribution in [0.15, 0.2) is 85.1 Å². The van der Waals surface area contributed by atoms with Crippen molar-refractivity contribution in [1.82, 2.24) is 4.98 Å². The van der Waals surface area contributed by atoms with Crippen LogP contribution in [-0.4, -0.2) is 27.8 Å². The monoisotopic (exact) mass is 477 g/mol. The van der Waals surface area contributed by atoms with E-state index in [1.807, 2.05) is 32.0 Å². The first-order chi connectivity index (χ1) is 17.3. The molecule has 7 heteroatoms. The van der Waals surface area contributed by atoms with Crippen molar-refractivity contribution in [2.45, 2.75) is 20.4 Å². The first-order valence-electron chi connectivity index (χ1n) is 11.4. The average Bonchev–Trinajstić information content (AvgIpc) is 3.14. The number of benzene rings is 3. The highest BCUT2D eigenvalue weighted by atomic mass is 16.3. The standard InChI is InChI=1S/C29H23N3O4/c1-18-10-11-19(2)25(15-18)32-28(35)22-13-12-20(16-23(22)29(32)36)27(34)31(17-21-7-5-6-14-30-21)24-8-3-4-9-26(24)33/h3-16,33H,17H2,1-2H3. The number of aromatic hydroxyl groups is 1. The van der Waals surface area contributed by atoms with E-state index in [4.69, 9.17) is 0 Å². The number of amides is 3. The van der Waals surface area contributed by atoms with Gasteiger partial charge in [0.05, 0.1) is 34.7 Å². The van der Waals surface area contributed by atoms with Crippen LogP contribution in [0.5, 0.6) is 5.75 Å². The van der Waals surface area contributed by atoms with E-state index in [0.29, 0.717) is 17.1 Å². The highest BCUT2D eigenvalue weighted by Gasteiger charge is 2.38. The summed E-state index contributed by atoms with van der Waals surface area (Å²) in [4.78, 5) is 47.1. The van der Waals surface area contributed by atoms with E-state index < -0.39 is 17.7 Å². The number of anilines is 2. The van der Waals surface area contributed by atoms with Crippen LogP contribution in [0.1, 0.15) is 47.9 Å². The molecule has 1 aromatic heterocycles. The van der Waals surface area contributed by atoms with Gasteiger partial charge in [-0.2, -0.15) is 0 Å². The Balaban J connectivity index is 1.54. The summed E-state index contributed by atoms with van der Waals surface area (Å²) >= 11 is 0. The summed E-state index contributed by atoms with van der Waals surface area (Å²) in [6.45, 7) is 3.85. The smallest absolute Gasteiger partial charge is 0.266 e. The summed E-state index contributed by atoms with van der Waals surface area (Å²) in [5, 5.41) is 10.5. The van der Waals surface area contributed by atoms with E-state index in [-0.39, 0.29) is 29.0 Å². The number of carbonyl (C=O) groups is 3. The molecule has 0 aliphatic carbocycles. The number of hydrogen-bond donors (Lipinski definition) is 1. The maximum Gasteiger partial charge on any atom is 0.266 e. The molecular formula is C29H23N3O4. The minimum Gasteiger partial charge on any atom is -0.506 e. The van der Waals surface area contributed by atoms with Crippen molar-refractivity contribution in [3.63, 3.8) is 0 Å². The fraction of sp³-hybridized carbons (Fsp3) is 0.103. The van der Waals surface area contributed by atoms with Gasteiger partial charge in [0, 0.05) is 11.8 Å². The van der Waals surface area contributed by atoms with Crippen LogP contribution in [0, 0.1) is 13.8 Å². The first kappa shape index (κ1) is 23.0. The Morgan fingerprint density at radius 3 is 2.39 bits per heavy atom. The Morgan fingerprint density at radius 2 is 1.64 bits per heavy atom. The van der Waals surface area contributed by atoms with Crippen molar-refractivity contribution in [3.8, 4) is 5.75 Å². The number of hydrogen-bond acceptors (Lipinski definition) is 5. The van der Waals surface area contributed by atoms with E-state index in [9.17, 15) is 19.5 Å². The van der Waals surface area contributed by atoms with E-state index in [1.165, 1.54) is 29.2 Å². The van der Waals surface area contributed by atoms with Crippen LogP contribution < -0.4 is 9.80 Å². The highest BCUT2D eigenvalue weighted by Crippen LogP contribution is 2.33. The van der Waals surface area contributed by atoms with Gasteiger partial charge in [0.25, 0.3) is 17.7 Å². The summed E-state index contributed by atoms with van der Waals surface area (Å²) in [5.74, 6) is -1.39. The topological polar surface area (TPSA) is 90.8 Å². The van der Waals surface area contributed by atoms with Crippen LogP contribution in [0.2, 0.25) is 0 Å². The van der Waals surface area contributed by atoms with Crippen LogP contribution in [0.25, 0.3) is 0 Å². The zero-order valence-electron chi connectivity index (χ0n) is 19.8. The molecule has 0 unspecified atom stereocenters. The molecule has 0 saturated heterocycles. The molecule has 36 heavy (non-hydrogen) atoms. The molecule has 178 valence electrons. The van der Waals surface area contributed by atoms with Gasteiger partial charge in [0.2, 0.25) is 0 Å². The Labute approximate surface area is 208 Å². The number of para-hydroxylation sites is 2. The molecular weight excluding hydrogens is 454 g/mol. The van der Waals surface area contributed by atoms with Crippen molar-refractivity contribution < 1.29 is 19.5 Å². The van der Waals surface area contributed by atoms with Crippen molar-refractivity contribution in [2.24, 2.45) is 0 Å². The SMILES string of the molecule is Cc1ccc(C)c(N2C(=O)c3ccc(C(=O)N(Cc4ccccn4)c4ccccc4O)cc3C2=O)c1. The molecule has 7 nitrogen and oxygen atoms in total. The van der Waals surface area contributed by atoms with Gasteiger partial charge in [-0.15, -0.1) is 0 Å². The third-order valence-electron chi connectivity index (χ3n) is 6.20. The van der Waals surface area contributed by atoms with E-state index in [2.05, 4.69) is 4.98 Å². The number of aromatic nitrogens is 1. The molecule has 3 amide bonds. The number of phenolic OH excluding ortho intramolecular Hbond substituents is 1. The Morgan fingerprint density at radius 1 is 0.889 bits per heavy atom. The zero-order chi connectivity index (χ0) is 25.4. The number of aryl methyl sites for hydroxylation is 2. The summed E-state index contributed by atoms with van der Waals surface area (Å²) in [6, 6.07) is 22.0.